The standard InChI is InChI=1S/C12H15N3O2/c13-11(16)5-6-14-12(17)10-7-8-3-1-2-4-9(8)15-10/h1-4,10,15H,5-7H2,(H2,13,16)(H,14,17)/t10-/m0/s1. The van der Waals surface area contributed by atoms with Crippen LogP contribution in [0, 0.1) is 0 Å². The van der Waals surface area contributed by atoms with E-state index in [0.29, 0.717) is 13.0 Å². The first-order valence-electron chi connectivity index (χ1n) is 5.57. The van der Waals surface area contributed by atoms with Crippen LogP contribution in [0.3, 0.4) is 0 Å². The monoisotopic (exact) mass is 233 g/mol. The van der Waals surface area contributed by atoms with Crippen LogP contribution in [-0.2, 0) is 16.0 Å². The van der Waals surface area contributed by atoms with Crippen LogP contribution in [0.15, 0.2) is 24.3 Å². The maximum Gasteiger partial charge on any atom is 0.242 e. The van der Waals surface area contributed by atoms with E-state index in [1.165, 1.54) is 0 Å². The van der Waals surface area contributed by atoms with Gasteiger partial charge in [-0.05, 0) is 11.6 Å². The van der Waals surface area contributed by atoms with Gasteiger partial charge in [-0.15, -0.1) is 0 Å². The third kappa shape index (κ3) is 2.75. The molecule has 0 unspecified atom stereocenters. The molecule has 0 aliphatic carbocycles. The number of hydrogen-bond donors (Lipinski definition) is 3. The number of rotatable bonds is 4. The van der Waals surface area contributed by atoms with Crippen molar-refractivity contribution in [3.8, 4) is 0 Å². The highest BCUT2D eigenvalue weighted by atomic mass is 16.2. The first-order valence-corrected chi connectivity index (χ1v) is 5.57. The summed E-state index contributed by atoms with van der Waals surface area (Å²) >= 11 is 0. The zero-order valence-corrected chi connectivity index (χ0v) is 9.40. The van der Waals surface area contributed by atoms with Gasteiger partial charge < -0.3 is 16.4 Å². The molecule has 2 amide bonds. The summed E-state index contributed by atoms with van der Waals surface area (Å²) in [6.45, 7) is 0.294. The van der Waals surface area contributed by atoms with Gasteiger partial charge in [0.15, 0.2) is 0 Å². The molecule has 5 heteroatoms. The fourth-order valence-corrected chi connectivity index (χ4v) is 1.89. The largest absolute Gasteiger partial charge is 0.373 e. The summed E-state index contributed by atoms with van der Waals surface area (Å²) in [5.74, 6) is -0.504. The number of carbonyl (C=O) groups is 2. The number of benzene rings is 1. The van der Waals surface area contributed by atoms with Crippen molar-refractivity contribution in [2.45, 2.75) is 18.9 Å². The van der Waals surface area contributed by atoms with Gasteiger partial charge in [-0.3, -0.25) is 9.59 Å². The van der Waals surface area contributed by atoms with Crippen LogP contribution in [0.4, 0.5) is 5.69 Å². The quantitative estimate of drug-likeness (QED) is 0.685. The van der Waals surface area contributed by atoms with Crippen molar-refractivity contribution in [1.82, 2.24) is 5.32 Å². The van der Waals surface area contributed by atoms with E-state index in [-0.39, 0.29) is 18.4 Å². The summed E-state index contributed by atoms with van der Waals surface area (Å²) in [7, 11) is 0. The Balaban J connectivity index is 1.86. The Hall–Kier alpha value is -2.04. The lowest BCUT2D eigenvalue weighted by atomic mass is 10.1. The van der Waals surface area contributed by atoms with Crippen molar-refractivity contribution in [3.63, 3.8) is 0 Å². The Labute approximate surface area is 99.4 Å². The van der Waals surface area contributed by atoms with Crippen molar-refractivity contribution in [3.05, 3.63) is 29.8 Å². The molecule has 1 aliphatic heterocycles. The number of amides is 2. The Morgan fingerprint density at radius 3 is 2.88 bits per heavy atom. The Morgan fingerprint density at radius 1 is 1.41 bits per heavy atom. The average molecular weight is 233 g/mol. The second-order valence-corrected chi connectivity index (χ2v) is 4.07. The number of carbonyl (C=O) groups excluding carboxylic acids is 2. The molecule has 0 aromatic heterocycles. The van der Waals surface area contributed by atoms with E-state index in [1.807, 2.05) is 24.3 Å². The number of fused-ring (bicyclic) bond motifs is 1. The van der Waals surface area contributed by atoms with E-state index in [4.69, 9.17) is 5.73 Å². The first kappa shape index (κ1) is 11.4. The molecule has 1 aromatic rings. The van der Waals surface area contributed by atoms with Crippen molar-refractivity contribution in [2.24, 2.45) is 5.73 Å². The summed E-state index contributed by atoms with van der Waals surface area (Å²) < 4.78 is 0. The number of primary amides is 1. The Morgan fingerprint density at radius 2 is 2.18 bits per heavy atom. The van der Waals surface area contributed by atoms with Gasteiger partial charge in [-0.25, -0.2) is 0 Å². The number of nitrogens with two attached hydrogens (primary N) is 1. The zero-order chi connectivity index (χ0) is 12.3. The minimum absolute atomic E-state index is 0.0950. The fraction of sp³-hybridized carbons (Fsp3) is 0.333. The van der Waals surface area contributed by atoms with E-state index in [2.05, 4.69) is 10.6 Å². The molecule has 1 atom stereocenters. The predicted molar refractivity (Wildman–Crippen MR) is 64.4 cm³/mol. The molecule has 0 bridgehead atoms. The molecule has 0 fully saturated rings. The van der Waals surface area contributed by atoms with Gasteiger partial charge in [0.05, 0.1) is 0 Å². The lowest BCUT2D eigenvalue weighted by molar-refractivity contribution is -0.122. The van der Waals surface area contributed by atoms with E-state index >= 15 is 0 Å². The van der Waals surface area contributed by atoms with Gasteiger partial charge in [0.1, 0.15) is 6.04 Å². The van der Waals surface area contributed by atoms with Crippen LogP contribution in [0.5, 0.6) is 0 Å². The summed E-state index contributed by atoms with van der Waals surface area (Å²) in [6, 6.07) is 7.58. The fourth-order valence-electron chi connectivity index (χ4n) is 1.89. The van der Waals surface area contributed by atoms with Crippen LogP contribution in [0.1, 0.15) is 12.0 Å². The first-order chi connectivity index (χ1) is 8.16. The molecule has 0 spiro atoms. The van der Waals surface area contributed by atoms with Crippen LogP contribution in [0.25, 0.3) is 0 Å². The van der Waals surface area contributed by atoms with Crippen molar-refractivity contribution < 1.29 is 9.59 Å². The minimum atomic E-state index is -0.409. The van der Waals surface area contributed by atoms with Gasteiger partial charge in [-0.2, -0.15) is 0 Å². The molecule has 1 heterocycles. The second kappa shape index (κ2) is 4.86. The third-order valence-electron chi connectivity index (χ3n) is 2.76. The van der Waals surface area contributed by atoms with Gasteiger partial charge >= 0.3 is 0 Å². The SMILES string of the molecule is NC(=O)CCNC(=O)[C@@H]1Cc2ccccc2N1. The molecule has 1 aromatic carbocycles. The van der Waals surface area contributed by atoms with Crippen molar-refractivity contribution in [2.75, 3.05) is 11.9 Å². The van der Waals surface area contributed by atoms with Gasteiger partial charge in [0, 0.05) is 25.1 Å². The van der Waals surface area contributed by atoms with Crippen LogP contribution < -0.4 is 16.4 Å². The zero-order valence-electron chi connectivity index (χ0n) is 9.40. The normalized spacial score (nSPS) is 17.1. The maximum absolute atomic E-state index is 11.8. The predicted octanol–water partition coefficient (Wildman–Crippen LogP) is 0.0148. The highest BCUT2D eigenvalue weighted by Gasteiger charge is 2.25. The van der Waals surface area contributed by atoms with E-state index in [1.54, 1.807) is 0 Å². The summed E-state index contributed by atoms with van der Waals surface area (Å²) in [5, 5.41) is 5.83. The number of nitrogens with one attached hydrogen (secondary N) is 2. The number of hydrogen-bond acceptors (Lipinski definition) is 3. The highest BCUT2D eigenvalue weighted by molar-refractivity contribution is 5.87. The molecule has 17 heavy (non-hydrogen) atoms. The minimum Gasteiger partial charge on any atom is -0.373 e. The molecule has 0 saturated heterocycles. The molecule has 2 rings (SSSR count). The van der Waals surface area contributed by atoms with Crippen LogP contribution in [0.2, 0.25) is 0 Å². The Bertz CT molecular complexity index is 420. The molecule has 4 N–H and O–H groups in total. The maximum atomic E-state index is 11.8. The van der Waals surface area contributed by atoms with Gasteiger partial charge in [-0.1, -0.05) is 18.2 Å². The molecular formula is C12H15N3O2. The van der Waals surface area contributed by atoms with Gasteiger partial charge in [0.25, 0.3) is 0 Å². The average Bonchev–Trinajstić information content (AvgIpc) is 2.71. The topological polar surface area (TPSA) is 84.2 Å². The third-order valence-corrected chi connectivity index (χ3v) is 2.76. The van der Waals surface area contributed by atoms with Crippen molar-refractivity contribution in [1.29, 1.82) is 0 Å². The van der Waals surface area contributed by atoms with E-state index in [0.717, 1.165) is 11.3 Å². The molecule has 0 saturated carbocycles. The number of para-hydroxylation sites is 1. The smallest absolute Gasteiger partial charge is 0.242 e. The van der Waals surface area contributed by atoms with Crippen LogP contribution in [-0.4, -0.2) is 24.4 Å². The molecule has 5 nitrogen and oxygen atoms in total. The lowest BCUT2D eigenvalue weighted by Crippen LogP contribution is -2.39. The lowest BCUT2D eigenvalue weighted by Gasteiger charge is -2.11. The van der Waals surface area contributed by atoms with Crippen LogP contribution >= 0.6 is 0 Å². The molecule has 0 radical (unpaired) electrons. The number of anilines is 1. The second-order valence-electron chi connectivity index (χ2n) is 4.07. The Kier molecular flexibility index (Phi) is 3.27. The summed E-state index contributed by atoms with van der Waals surface area (Å²) in [4.78, 5) is 22.3. The molecule has 1 aliphatic rings. The summed E-state index contributed by atoms with van der Waals surface area (Å²) in [6.07, 6.45) is 0.851. The molecular weight excluding hydrogens is 218 g/mol. The van der Waals surface area contributed by atoms with Gasteiger partial charge in [0.2, 0.25) is 11.8 Å². The van der Waals surface area contributed by atoms with Crippen molar-refractivity contribution >= 4 is 17.5 Å². The highest BCUT2D eigenvalue weighted by Crippen LogP contribution is 2.24. The summed E-state index contributed by atoms with van der Waals surface area (Å²) in [5.41, 5.74) is 7.14. The van der Waals surface area contributed by atoms with E-state index < -0.39 is 5.91 Å². The van der Waals surface area contributed by atoms with E-state index in [9.17, 15) is 9.59 Å². The molecule has 90 valence electrons.